The molecule has 1 heterocycles. The van der Waals surface area contributed by atoms with E-state index in [0.717, 1.165) is 11.1 Å². The Labute approximate surface area is 112 Å². The van der Waals surface area contributed by atoms with Crippen molar-refractivity contribution in [2.24, 2.45) is 0 Å². The Bertz CT molecular complexity index is 704. The summed E-state index contributed by atoms with van der Waals surface area (Å²) < 4.78 is 38.9. The molecule has 1 aromatic carbocycles. The van der Waals surface area contributed by atoms with Crippen molar-refractivity contribution in [3.05, 3.63) is 45.9 Å². The van der Waals surface area contributed by atoms with Gasteiger partial charge in [-0.2, -0.15) is 13.2 Å². The molecule has 2 nitrogen and oxygen atoms in total. The first kappa shape index (κ1) is 12.3. The molecular formula is C13H9F3N2S. The molecule has 98 valence electrons. The molecule has 1 aromatic heterocycles. The van der Waals surface area contributed by atoms with Crippen LogP contribution in [0.15, 0.2) is 24.3 Å². The minimum atomic E-state index is -4.44. The highest BCUT2D eigenvalue weighted by Gasteiger charge is 2.37. The van der Waals surface area contributed by atoms with E-state index >= 15 is 0 Å². The van der Waals surface area contributed by atoms with Crippen molar-refractivity contribution < 1.29 is 13.2 Å². The molecule has 0 unspecified atom stereocenters. The summed E-state index contributed by atoms with van der Waals surface area (Å²) in [6.07, 6.45) is -3.54. The van der Waals surface area contributed by atoms with Gasteiger partial charge in [0.15, 0.2) is 4.77 Å². The molecule has 0 bridgehead atoms. The van der Waals surface area contributed by atoms with Crippen molar-refractivity contribution in [3.63, 3.8) is 0 Å². The van der Waals surface area contributed by atoms with E-state index in [1.165, 1.54) is 0 Å². The predicted octanol–water partition coefficient (Wildman–Crippen LogP) is 3.92. The van der Waals surface area contributed by atoms with Crippen molar-refractivity contribution in [1.29, 1.82) is 0 Å². The molecule has 2 aromatic rings. The molecule has 0 radical (unpaired) electrons. The molecule has 0 fully saturated rings. The quantitative estimate of drug-likeness (QED) is 0.742. The Morgan fingerprint density at radius 1 is 1.16 bits per heavy atom. The first-order valence-electron chi connectivity index (χ1n) is 5.75. The van der Waals surface area contributed by atoms with E-state index in [1.54, 1.807) is 12.1 Å². The largest absolute Gasteiger partial charge is 0.431 e. The van der Waals surface area contributed by atoms with Gasteiger partial charge < -0.3 is 4.98 Å². The number of alkyl halides is 3. The number of rotatable bonds is 0. The second-order valence-corrected chi connectivity index (χ2v) is 4.79. The molecule has 1 N–H and O–H groups in total. The van der Waals surface area contributed by atoms with Gasteiger partial charge in [-0.05, 0) is 30.6 Å². The summed E-state index contributed by atoms with van der Waals surface area (Å²) in [7, 11) is 0. The SMILES string of the molecule is FC(F)(F)c1[nH]c(=S)nc2c1CCc1ccccc1-2. The van der Waals surface area contributed by atoms with E-state index < -0.39 is 11.9 Å². The summed E-state index contributed by atoms with van der Waals surface area (Å²) >= 11 is 4.82. The van der Waals surface area contributed by atoms with Crippen LogP contribution in [0.4, 0.5) is 13.2 Å². The molecule has 0 saturated heterocycles. The molecule has 3 rings (SSSR count). The van der Waals surface area contributed by atoms with E-state index in [2.05, 4.69) is 9.97 Å². The van der Waals surface area contributed by atoms with Crippen LogP contribution in [0, 0.1) is 4.77 Å². The molecule has 0 saturated carbocycles. The van der Waals surface area contributed by atoms with Gasteiger partial charge in [0.1, 0.15) is 5.69 Å². The van der Waals surface area contributed by atoms with E-state index in [-0.39, 0.29) is 10.3 Å². The van der Waals surface area contributed by atoms with Gasteiger partial charge in [0.05, 0.1) is 5.69 Å². The fourth-order valence-corrected chi connectivity index (χ4v) is 2.63. The van der Waals surface area contributed by atoms with Crippen LogP contribution in [-0.4, -0.2) is 9.97 Å². The highest BCUT2D eigenvalue weighted by molar-refractivity contribution is 7.71. The average Bonchev–Trinajstić information content (AvgIpc) is 2.36. The van der Waals surface area contributed by atoms with Crippen LogP contribution >= 0.6 is 12.2 Å². The van der Waals surface area contributed by atoms with E-state index in [1.807, 2.05) is 12.1 Å². The number of fused-ring (bicyclic) bond motifs is 3. The van der Waals surface area contributed by atoms with E-state index in [4.69, 9.17) is 12.2 Å². The van der Waals surface area contributed by atoms with Crippen molar-refractivity contribution >= 4 is 12.2 Å². The second kappa shape index (κ2) is 4.16. The Hall–Kier alpha value is -1.69. The summed E-state index contributed by atoms with van der Waals surface area (Å²) in [6, 6.07) is 7.36. The Morgan fingerprint density at radius 3 is 2.63 bits per heavy atom. The Kier molecular flexibility index (Phi) is 2.70. The lowest BCUT2D eigenvalue weighted by molar-refractivity contribution is -0.142. The van der Waals surface area contributed by atoms with Gasteiger partial charge in [0.2, 0.25) is 0 Å². The fraction of sp³-hybridized carbons (Fsp3) is 0.231. The zero-order valence-corrected chi connectivity index (χ0v) is 10.5. The van der Waals surface area contributed by atoms with Crippen LogP contribution in [0.1, 0.15) is 16.8 Å². The van der Waals surface area contributed by atoms with Crippen molar-refractivity contribution in [2.75, 3.05) is 0 Å². The maximum Gasteiger partial charge on any atom is 0.431 e. The zero-order chi connectivity index (χ0) is 13.6. The van der Waals surface area contributed by atoms with Gasteiger partial charge in [-0.15, -0.1) is 0 Å². The second-order valence-electron chi connectivity index (χ2n) is 4.40. The summed E-state index contributed by atoms with van der Waals surface area (Å²) in [5.74, 6) is 0. The number of nitrogens with one attached hydrogen (secondary N) is 1. The van der Waals surface area contributed by atoms with E-state index in [9.17, 15) is 13.2 Å². The van der Waals surface area contributed by atoms with Gasteiger partial charge in [-0.1, -0.05) is 24.3 Å². The summed E-state index contributed by atoms with van der Waals surface area (Å²) in [5, 5.41) is 0. The molecule has 19 heavy (non-hydrogen) atoms. The molecule has 0 amide bonds. The molecule has 0 spiro atoms. The van der Waals surface area contributed by atoms with Crippen LogP contribution < -0.4 is 0 Å². The normalized spacial score (nSPS) is 13.8. The molecule has 1 aliphatic carbocycles. The van der Waals surface area contributed by atoms with Crippen molar-refractivity contribution in [3.8, 4) is 11.3 Å². The van der Waals surface area contributed by atoms with Crippen LogP contribution in [-0.2, 0) is 19.0 Å². The van der Waals surface area contributed by atoms with E-state index in [0.29, 0.717) is 18.5 Å². The Balaban J connectivity index is 2.33. The van der Waals surface area contributed by atoms with Gasteiger partial charge in [-0.25, -0.2) is 4.98 Å². The van der Waals surface area contributed by atoms with Gasteiger partial charge >= 0.3 is 6.18 Å². The number of hydrogen-bond donors (Lipinski definition) is 1. The third-order valence-corrected chi connectivity index (χ3v) is 3.43. The highest BCUT2D eigenvalue weighted by atomic mass is 32.1. The summed E-state index contributed by atoms with van der Waals surface area (Å²) in [5.41, 5.74) is 1.56. The highest BCUT2D eigenvalue weighted by Crippen LogP contribution is 2.38. The van der Waals surface area contributed by atoms with Gasteiger partial charge in [0.25, 0.3) is 0 Å². The van der Waals surface area contributed by atoms with Crippen molar-refractivity contribution in [1.82, 2.24) is 9.97 Å². The number of nitrogens with zero attached hydrogens (tertiary/aromatic N) is 1. The number of benzene rings is 1. The van der Waals surface area contributed by atoms with Crippen molar-refractivity contribution in [2.45, 2.75) is 19.0 Å². The number of aryl methyl sites for hydroxylation is 1. The lowest BCUT2D eigenvalue weighted by atomic mass is 9.88. The van der Waals surface area contributed by atoms with Crippen LogP contribution in [0.3, 0.4) is 0 Å². The van der Waals surface area contributed by atoms with Gasteiger partial charge in [0, 0.05) is 11.1 Å². The fourth-order valence-electron chi connectivity index (χ4n) is 2.43. The average molecular weight is 282 g/mol. The summed E-state index contributed by atoms with van der Waals surface area (Å²) in [6.45, 7) is 0. The zero-order valence-electron chi connectivity index (χ0n) is 9.71. The molecule has 0 aliphatic heterocycles. The monoisotopic (exact) mass is 282 g/mol. The third kappa shape index (κ3) is 2.06. The molecule has 1 aliphatic rings. The van der Waals surface area contributed by atoms with Crippen LogP contribution in [0.2, 0.25) is 0 Å². The first-order valence-corrected chi connectivity index (χ1v) is 6.16. The smallest absolute Gasteiger partial charge is 0.327 e. The van der Waals surface area contributed by atoms with Crippen LogP contribution in [0.5, 0.6) is 0 Å². The summed E-state index contributed by atoms with van der Waals surface area (Å²) in [4.78, 5) is 6.27. The lowest BCUT2D eigenvalue weighted by Crippen LogP contribution is -2.18. The minimum absolute atomic E-state index is 0.136. The predicted molar refractivity (Wildman–Crippen MR) is 67.3 cm³/mol. The lowest BCUT2D eigenvalue weighted by Gasteiger charge is -2.22. The maximum absolute atomic E-state index is 13.0. The number of aromatic amines is 1. The van der Waals surface area contributed by atoms with Gasteiger partial charge in [-0.3, -0.25) is 0 Å². The molecular weight excluding hydrogens is 273 g/mol. The number of aromatic nitrogens is 2. The molecule has 6 heteroatoms. The minimum Gasteiger partial charge on any atom is -0.327 e. The number of halogens is 3. The standard InChI is InChI=1S/C13H9F3N2S/c14-13(15,16)11-9-6-5-7-3-1-2-4-8(7)10(9)17-12(19)18-11/h1-4H,5-6H2,(H,17,18,19). The number of hydrogen-bond acceptors (Lipinski definition) is 2. The third-order valence-electron chi connectivity index (χ3n) is 3.23. The Morgan fingerprint density at radius 2 is 1.89 bits per heavy atom. The first-order chi connectivity index (χ1) is 8.97. The topological polar surface area (TPSA) is 28.7 Å². The van der Waals surface area contributed by atoms with Crippen LogP contribution in [0.25, 0.3) is 11.3 Å². The maximum atomic E-state index is 13.0. The number of H-pyrrole nitrogens is 1. The molecule has 0 atom stereocenters.